The number of unbranched alkanes of at least 4 members (excludes halogenated alkanes) is 2. The van der Waals surface area contributed by atoms with E-state index in [9.17, 15) is 14.3 Å². The minimum atomic E-state index is -1.12. The molecule has 4 rings (SSSR count). The van der Waals surface area contributed by atoms with Gasteiger partial charge in [0.25, 0.3) is 0 Å². The lowest BCUT2D eigenvalue weighted by molar-refractivity contribution is 0.0689. The van der Waals surface area contributed by atoms with Crippen LogP contribution < -0.4 is 5.32 Å². The summed E-state index contributed by atoms with van der Waals surface area (Å²) in [6, 6.07) is 8.60. The number of H-pyrrole nitrogens is 1. The molecule has 2 aromatic carbocycles. The molecule has 0 spiro atoms. The number of aromatic nitrogens is 5. The number of tetrazole rings is 1. The van der Waals surface area contributed by atoms with Crippen molar-refractivity contribution in [2.45, 2.75) is 32.2 Å². The number of hydrogen-bond donors (Lipinski definition) is 3. The Morgan fingerprint density at radius 2 is 2.06 bits per heavy atom. The Morgan fingerprint density at radius 1 is 1.24 bits per heavy atom. The molecule has 0 fully saturated rings. The van der Waals surface area contributed by atoms with E-state index in [0.29, 0.717) is 39.5 Å². The molecule has 2 aromatic heterocycles. The second-order valence-electron chi connectivity index (χ2n) is 7.55. The van der Waals surface area contributed by atoms with Crippen molar-refractivity contribution in [1.29, 1.82) is 0 Å². The molecule has 1 atom stereocenters. The zero-order chi connectivity index (χ0) is 23.5. The molecule has 0 radical (unpaired) electrons. The quantitative estimate of drug-likeness (QED) is 0.279. The highest BCUT2D eigenvalue weighted by molar-refractivity contribution is 6.31. The maximum absolute atomic E-state index is 13.7. The maximum Gasteiger partial charge on any atom is 0.352 e. The number of rotatable bonds is 9. The summed E-state index contributed by atoms with van der Waals surface area (Å²) in [6.07, 6.45) is 2.92. The van der Waals surface area contributed by atoms with Gasteiger partial charge in [-0.15, -0.1) is 5.10 Å². The predicted molar refractivity (Wildman–Crippen MR) is 124 cm³/mol. The topological polar surface area (TPSA) is 109 Å². The Hall–Kier alpha value is -3.01. The van der Waals surface area contributed by atoms with Crippen LogP contribution in [0.1, 0.15) is 54.1 Å². The number of carbonyl (C=O) groups is 1. The van der Waals surface area contributed by atoms with Gasteiger partial charge >= 0.3 is 5.97 Å². The third-order valence-corrected chi connectivity index (χ3v) is 5.86. The Balaban J connectivity index is 1.88. The fraction of sp³-hybridized carbons (Fsp3) is 0.273. The summed E-state index contributed by atoms with van der Waals surface area (Å²) in [6.45, 7) is 2.71. The first-order chi connectivity index (χ1) is 15.9. The Bertz CT molecular complexity index is 1310. The molecule has 33 heavy (non-hydrogen) atoms. The van der Waals surface area contributed by atoms with Gasteiger partial charge in [0, 0.05) is 21.5 Å². The molecular formula is C22H21Cl2FN6O2. The fourth-order valence-electron chi connectivity index (χ4n) is 3.78. The summed E-state index contributed by atoms with van der Waals surface area (Å²) in [4.78, 5) is 15.1. The minimum Gasteiger partial charge on any atom is -0.477 e. The van der Waals surface area contributed by atoms with E-state index < -0.39 is 17.8 Å². The van der Waals surface area contributed by atoms with E-state index in [-0.39, 0.29) is 10.7 Å². The van der Waals surface area contributed by atoms with Gasteiger partial charge in [-0.05, 0) is 53.7 Å². The van der Waals surface area contributed by atoms with Gasteiger partial charge in [0.1, 0.15) is 11.5 Å². The van der Waals surface area contributed by atoms with Gasteiger partial charge in [0.15, 0.2) is 5.82 Å². The average Bonchev–Trinajstić information content (AvgIpc) is 3.41. The van der Waals surface area contributed by atoms with Gasteiger partial charge in [0.05, 0.1) is 16.8 Å². The lowest BCUT2D eigenvalue weighted by atomic mass is 10.0. The van der Waals surface area contributed by atoms with Crippen molar-refractivity contribution in [2.75, 3.05) is 6.54 Å². The van der Waals surface area contributed by atoms with Gasteiger partial charge in [0.2, 0.25) is 0 Å². The second kappa shape index (κ2) is 9.86. The molecule has 0 aliphatic heterocycles. The van der Waals surface area contributed by atoms with Crippen LogP contribution in [0.3, 0.4) is 0 Å². The SMILES string of the molecule is CCCCCNC(c1c(C(=O)O)[nH]c2cc(Cl)ccc12)c1nnnn1-c1ccc(F)c(Cl)c1. The van der Waals surface area contributed by atoms with Crippen LogP contribution in [0.2, 0.25) is 10.0 Å². The number of hydrogen-bond acceptors (Lipinski definition) is 5. The van der Waals surface area contributed by atoms with E-state index in [0.717, 1.165) is 19.3 Å². The monoisotopic (exact) mass is 490 g/mol. The largest absolute Gasteiger partial charge is 0.477 e. The van der Waals surface area contributed by atoms with E-state index in [1.165, 1.54) is 22.9 Å². The number of fused-ring (bicyclic) bond motifs is 1. The Labute approximate surface area is 198 Å². The molecule has 0 saturated carbocycles. The summed E-state index contributed by atoms with van der Waals surface area (Å²) in [5, 5.41) is 26.5. The highest BCUT2D eigenvalue weighted by Crippen LogP contribution is 2.34. The van der Waals surface area contributed by atoms with Gasteiger partial charge in [-0.25, -0.2) is 9.18 Å². The minimum absolute atomic E-state index is 0.00643. The summed E-state index contributed by atoms with van der Waals surface area (Å²) in [5.74, 6) is -1.35. The Morgan fingerprint density at radius 3 is 2.79 bits per heavy atom. The van der Waals surface area contributed by atoms with Crippen molar-refractivity contribution in [3.63, 3.8) is 0 Å². The molecule has 8 nitrogen and oxygen atoms in total. The number of nitrogens with zero attached hydrogens (tertiary/aromatic N) is 4. The first kappa shape index (κ1) is 23.2. The molecular weight excluding hydrogens is 470 g/mol. The molecule has 3 N–H and O–H groups in total. The van der Waals surface area contributed by atoms with Crippen LogP contribution in [0.5, 0.6) is 0 Å². The summed E-state index contributed by atoms with van der Waals surface area (Å²) >= 11 is 12.1. The molecule has 4 aromatic rings. The van der Waals surface area contributed by atoms with Crippen molar-refractivity contribution in [3.8, 4) is 5.69 Å². The zero-order valence-corrected chi connectivity index (χ0v) is 19.2. The second-order valence-corrected chi connectivity index (χ2v) is 8.39. The zero-order valence-electron chi connectivity index (χ0n) is 17.6. The van der Waals surface area contributed by atoms with E-state index in [1.807, 2.05) is 0 Å². The number of carboxylic acids is 1. The number of benzene rings is 2. The van der Waals surface area contributed by atoms with Gasteiger partial charge in [-0.2, -0.15) is 4.68 Å². The van der Waals surface area contributed by atoms with E-state index >= 15 is 0 Å². The molecule has 2 heterocycles. The van der Waals surface area contributed by atoms with Crippen molar-refractivity contribution in [1.82, 2.24) is 30.5 Å². The molecule has 0 amide bonds. The van der Waals surface area contributed by atoms with Crippen molar-refractivity contribution in [3.05, 3.63) is 69.3 Å². The van der Waals surface area contributed by atoms with Crippen LogP contribution in [0.4, 0.5) is 4.39 Å². The van der Waals surface area contributed by atoms with Crippen LogP contribution >= 0.6 is 23.2 Å². The van der Waals surface area contributed by atoms with E-state index in [1.54, 1.807) is 18.2 Å². The van der Waals surface area contributed by atoms with Crippen LogP contribution in [0.15, 0.2) is 36.4 Å². The number of carboxylic acid groups (broad SMARTS) is 1. The molecule has 0 aliphatic carbocycles. The van der Waals surface area contributed by atoms with E-state index in [4.69, 9.17) is 23.2 Å². The molecule has 172 valence electrons. The fourth-order valence-corrected chi connectivity index (χ4v) is 4.13. The molecule has 0 saturated heterocycles. The van der Waals surface area contributed by atoms with Crippen molar-refractivity contribution < 1.29 is 14.3 Å². The maximum atomic E-state index is 13.7. The summed E-state index contributed by atoms with van der Waals surface area (Å²) < 4.78 is 15.1. The van der Waals surface area contributed by atoms with Crippen LogP contribution in [0, 0.1) is 5.82 Å². The number of nitrogens with one attached hydrogen (secondary N) is 2. The average molecular weight is 491 g/mol. The van der Waals surface area contributed by atoms with Gasteiger partial charge in [-0.3, -0.25) is 0 Å². The van der Waals surface area contributed by atoms with Gasteiger partial charge in [-0.1, -0.05) is 49.0 Å². The third kappa shape index (κ3) is 4.71. The Kier molecular flexibility index (Phi) is 6.92. The van der Waals surface area contributed by atoms with Crippen LogP contribution in [0.25, 0.3) is 16.6 Å². The van der Waals surface area contributed by atoms with E-state index in [2.05, 4.69) is 32.7 Å². The molecule has 1 unspecified atom stereocenters. The molecule has 11 heteroatoms. The van der Waals surface area contributed by atoms with Crippen LogP contribution in [-0.4, -0.2) is 42.8 Å². The number of aromatic amines is 1. The predicted octanol–water partition coefficient (Wildman–Crippen LogP) is 5.16. The van der Waals surface area contributed by atoms with Crippen LogP contribution in [-0.2, 0) is 0 Å². The number of aromatic carboxylic acids is 1. The highest BCUT2D eigenvalue weighted by atomic mass is 35.5. The summed E-state index contributed by atoms with van der Waals surface area (Å²) in [7, 11) is 0. The van der Waals surface area contributed by atoms with Crippen molar-refractivity contribution >= 4 is 40.1 Å². The molecule has 0 aliphatic rings. The van der Waals surface area contributed by atoms with Gasteiger partial charge < -0.3 is 15.4 Å². The van der Waals surface area contributed by atoms with Crippen molar-refractivity contribution in [2.24, 2.45) is 0 Å². The first-order valence-electron chi connectivity index (χ1n) is 10.4. The lowest BCUT2D eigenvalue weighted by Gasteiger charge is -2.19. The normalized spacial score (nSPS) is 12.4. The standard InChI is InChI=1S/C22H21Cl2FN6O2/c1-2-3-4-9-26-19(18-14-7-5-12(23)10-17(14)27-20(18)22(32)33)21-28-29-30-31(21)13-6-8-16(25)15(24)11-13/h5-8,10-11,19,26-27H,2-4,9H2,1H3,(H,32,33). The first-order valence-corrected chi connectivity index (χ1v) is 11.2. The highest BCUT2D eigenvalue weighted by Gasteiger charge is 2.30. The number of halogens is 3. The lowest BCUT2D eigenvalue weighted by Crippen LogP contribution is -2.28. The molecule has 0 bridgehead atoms. The smallest absolute Gasteiger partial charge is 0.352 e. The summed E-state index contributed by atoms with van der Waals surface area (Å²) in [5.41, 5.74) is 1.52. The third-order valence-electron chi connectivity index (χ3n) is 5.33.